The Balaban J connectivity index is 2.14. The predicted molar refractivity (Wildman–Crippen MR) is 96.3 cm³/mol. The van der Waals surface area contributed by atoms with E-state index in [0.717, 1.165) is 36.3 Å². The highest BCUT2D eigenvalue weighted by Crippen LogP contribution is 2.12. The van der Waals surface area contributed by atoms with Gasteiger partial charge in [0.05, 0.1) is 13.7 Å². The molecule has 0 unspecified atom stereocenters. The molecule has 0 aliphatic carbocycles. The first-order chi connectivity index (χ1) is 12.2. The molecule has 0 aromatic heterocycles. The summed E-state index contributed by atoms with van der Waals surface area (Å²) in [5, 5.41) is 0. The number of esters is 2. The lowest BCUT2D eigenvalue weighted by Gasteiger charge is -2.04. The van der Waals surface area contributed by atoms with Crippen molar-refractivity contribution in [3.05, 3.63) is 42.0 Å². The van der Waals surface area contributed by atoms with E-state index in [1.807, 2.05) is 12.1 Å². The normalized spacial score (nSPS) is 10.6. The van der Waals surface area contributed by atoms with Crippen LogP contribution < -0.4 is 4.74 Å². The standard InChI is InChI=1S/C20H28O5/c1-3-4-5-6-7-8-15-24-19(21)13-14-20(22)25-16-17-9-11-18(23-2)12-10-17/h9-14H,3-8,15-16H2,1-2H3/b14-13+. The molecule has 0 aliphatic rings. The van der Waals surface area contributed by atoms with Crippen LogP contribution in [-0.4, -0.2) is 25.7 Å². The average molecular weight is 348 g/mol. The van der Waals surface area contributed by atoms with Crippen LogP contribution in [0.3, 0.4) is 0 Å². The van der Waals surface area contributed by atoms with Gasteiger partial charge in [-0.15, -0.1) is 0 Å². The van der Waals surface area contributed by atoms with Crippen LogP contribution in [0.4, 0.5) is 0 Å². The Hall–Kier alpha value is -2.30. The number of methoxy groups -OCH3 is 1. The van der Waals surface area contributed by atoms with Crippen molar-refractivity contribution in [3.63, 3.8) is 0 Å². The Morgan fingerprint density at radius 1 is 0.880 bits per heavy atom. The molecule has 0 aliphatic heterocycles. The quantitative estimate of drug-likeness (QED) is 0.322. The Kier molecular flexibility index (Phi) is 10.8. The highest BCUT2D eigenvalue weighted by atomic mass is 16.5. The maximum absolute atomic E-state index is 11.6. The Labute approximate surface area is 150 Å². The molecule has 25 heavy (non-hydrogen) atoms. The van der Waals surface area contributed by atoms with Crippen LogP contribution in [-0.2, 0) is 25.7 Å². The third kappa shape index (κ3) is 10.2. The third-order valence-electron chi connectivity index (χ3n) is 3.64. The van der Waals surface area contributed by atoms with Crippen molar-refractivity contribution in [2.45, 2.75) is 52.1 Å². The molecule has 5 heteroatoms. The van der Waals surface area contributed by atoms with Gasteiger partial charge in [-0.25, -0.2) is 9.59 Å². The summed E-state index contributed by atoms with van der Waals surface area (Å²) in [7, 11) is 1.59. The van der Waals surface area contributed by atoms with Crippen molar-refractivity contribution in [1.82, 2.24) is 0 Å². The van der Waals surface area contributed by atoms with Gasteiger partial charge in [0.2, 0.25) is 0 Å². The number of carbonyl (C=O) groups is 2. The van der Waals surface area contributed by atoms with Crippen molar-refractivity contribution in [2.75, 3.05) is 13.7 Å². The molecule has 0 radical (unpaired) electrons. The van der Waals surface area contributed by atoms with Gasteiger partial charge in [0.1, 0.15) is 12.4 Å². The molecule has 5 nitrogen and oxygen atoms in total. The molecule has 0 atom stereocenters. The van der Waals surface area contributed by atoms with E-state index in [4.69, 9.17) is 14.2 Å². The maximum atomic E-state index is 11.6. The van der Waals surface area contributed by atoms with Crippen molar-refractivity contribution >= 4 is 11.9 Å². The first kappa shape index (κ1) is 20.7. The van der Waals surface area contributed by atoms with E-state index in [2.05, 4.69) is 6.92 Å². The van der Waals surface area contributed by atoms with E-state index in [9.17, 15) is 9.59 Å². The highest BCUT2D eigenvalue weighted by molar-refractivity contribution is 5.91. The summed E-state index contributed by atoms with van der Waals surface area (Å²) in [4.78, 5) is 23.1. The van der Waals surface area contributed by atoms with E-state index in [1.54, 1.807) is 19.2 Å². The molecule has 0 saturated heterocycles. The third-order valence-corrected chi connectivity index (χ3v) is 3.64. The number of hydrogen-bond donors (Lipinski definition) is 0. The van der Waals surface area contributed by atoms with Crippen LogP contribution >= 0.6 is 0 Å². The van der Waals surface area contributed by atoms with Gasteiger partial charge in [-0.2, -0.15) is 0 Å². The zero-order chi connectivity index (χ0) is 18.3. The lowest BCUT2D eigenvalue weighted by atomic mass is 10.1. The van der Waals surface area contributed by atoms with Gasteiger partial charge >= 0.3 is 11.9 Å². The number of rotatable bonds is 12. The highest BCUT2D eigenvalue weighted by Gasteiger charge is 2.02. The Bertz CT molecular complexity index is 534. The maximum Gasteiger partial charge on any atom is 0.331 e. The molecule has 0 spiro atoms. The summed E-state index contributed by atoms with van der Waals surface area (Å²) in [5.41, 5.74) is 0.841. The first-order valence-corrected chi connectivity index (χ1v) is 8.80. The summed E-state index contributed by atoms with van der Waals surface area (Å²) >= 11 is 0. The minimum Gasteiger partial charge on any atom is -0.497 e. The largest absolute Gasteiger partial charge is 0.497 e. The minimum absolute atomic E-state index is 0.139. The van der Waals surface area contributed by atoms with Crippen LogP contribution in [0.2, 0.25) is 0 Å². The number of carbonyl (C=O) groups excluding carboxylic acids is 2. The molecule has 0 fully saturated rings. The van der Waals surface area contributed by atoms with Crippen molar-refractivity contribution in [1.29, 1.82) is 0 Å². The first-order valence-electron chi connectivity index (χ1n) is 8.80. The summed E-state index contributed by atoms with van der Waals surface area (Å²) in [5.74, 6) is -0.356. The second kappa shape index (κ2) is 13.0. The minimum atomic E-state index is -0.577. The van der Waals surface area contributed by atoms with Gasteiger partial charge in [0, 0.05) is 12.2 Å². The number of benzene rings is 1. The summed E-state index contributed by atoms with van der Waals surface area (Å²) < 4.78 is 15.2. The molecule has 0 amide bonds. The molecule has 0 saturated carbocycles. The fourth-order valence-corrected chi connectivity index (χ4v) is 2.16. The van der Waals surface area contributed by atoms with E-state index >= 15 is 0 Å². The summed E-state index contributed by atoms with van der Waals surface area (Å²) in [6.07, 6.45) is 8.96. The van der Waals surface area contributed by atoms with Gasteiger partial charge in [0.25, 0.3) is 0 Å². The van der Waals surface area contributed by atoms with Crippen molar-refractivity contribution in [2.24, 2.45) is 0 Å². The number of hydrogen-bond acceptors (Lipinski definition) is 5. The average Bonchev–Trinajstić information content (AvgIpc) is 2.64. The molecular formula is C20H28O5. The van der Waals surface area contributed by atoms with Gasteiger partial charge in [-0.05, 0) is 24.1 Å². The lowest BCUT2D eigenvalue weighted by molar-refractivity contribution is -0.141. The molecule has 0 heterocycles. The summed E-state index contributed by atoms with van der Waals surface area (Å²) in [6.45, 7) is 2.70. The van der Waals surface area contributed by atoms with Crippen LogP contribution in [0.25, 0.3) is 0 Å². The molecule has 1 aromatic rings. The van der Waals surface area contributed by atoms with Crippen LogP contribution in [0.1, 0.15) is 51.0 Å². The molecule has 138 valence electrons. The van der Waals surface area contributed by atoms with Crippen LogP contribution in [0.15, 0.2) is 36.4 Å². The van der Waals surface area contributed by atoms with Gasteiger partial charge < -0.3 is 14.2 Å². The Morgan fingerprint density at radius 2 is 1.48 bits per heavy atom. The van der Waals surface area contributed by atoms with Crippen LogP contribution in [0, 0.1) is 0 Å². The van der Waals surface area contributed by atoms with E-state index in [0.29, 0.717) is 6.61 Å². The van der Waals surface area contributed by atoms with E-state index in [-0.39, 0.29) is 6.61 Å². The number of ether oxygens (including phenoxy) is 3. The fraction of sp³-hybridized carbons (Fsp3) is 0.500. The van der Waals surface area contributed by atoms with E-state index in [1.165, 1.54) is 25.7 Å². The smallest absolute Gasteiger partial charge is 0.331 e. The second-order valence-electron chi connectivity index (χ2n) is 5.72. The molecule has 0 bridgehead atoms. The zero-order valence-electron chi connectivity index (χ0n) is 15.2. The topological polar surface area (TPSA) is 61.8 Å². The van der Waals surface area contributed by atoms with Crippen LogP contribution in [0.5, 0.6) is 5.75 Å². The fourth-order valence-electron chi connectivity index (χ4n) is 2.16. The molecule has 1 rings (SSSR count). The SMILES string of the molecule is CCCCCCCCOC(=O)/C=C/C(=O)OCc1ccc(OC)cc1. The lowest BCUT2D eigenvalue weighted by Crippen LogP contribution is -2.05. The van der Waals surface area contributed by atoms with Crippen molar-refractivity contribution < 1.29 is 23.8 Å². The number of unbranched alkanes of at least 4 members (excludes halogenated alkanes) is 5. The molecule has 0 N–H and O–H groups in total. The Morgan fingerprint density at radius 3 is 2.12 bits per heavy atom. The monoisotopic (exact) mass is 348 g/mol. The molecule has 1 aromatic carbocycles. The van der Waals surface area contributed by atoms with Gasteiger partial charge in [0.15, 0.2) is 0 Å². The molecular weight excluding hydrogens is 320 g/mol. The van der Waals surface area contributed by atoms with Gasteiger partial charge in [-0.1, -0.05) is 51.2 Å². The van der Waals surface area contributed by atoms with E-state index < -0.39 is 11.9 Å². The van der Waals surface area contributed by atoms with Crippen molar-refractivity contribution in [3.8, 4) is 5.75 Å². The second-order valence-corrected chi connectivity index (χ2v) is 5.72. The zero-order valence-corrected chi connectivity index (χ0v) is 15.2. The predicted octanol–water partition coefficient (Wildman–Crippen LogP) is 4.20. The summed E-state index contributed by atoms with van der Waals surface area (Å²) in [6, 6.07) is 7.20. The van der Waals surface area contributed by atoms with Gasteiger partial charge in [-0.3, -0.25) is 0 Å².